The molecule has 2 N–H and O–H groups in total. The van der Waals surface area contributed by atoms with Gasteiger partial charge in [0.2, 0.25) is 11.8 Å². The fraction of sp³-hybridized carbons (Fsp3) is 0.176. The summed E-state index contributed by atoms with van der Waals surface area (Å²) in [7, 11) is 0. The zero-order chi connectivity index (χ0) is 18.1. The van der Waals surface area contributed by atoms with Gasteiger partial charge in [0, 0.05) is 16.8 Å². The lowest BCUT2D eigenvalue weighted by Crippen LogP contribution is -2.20. The molecule has 25 heavy (non-hydrogen) atoms. The summed E-state index contributed by atoms with van der Waals surface area (Å²) in [6, 6.07) is 7.72. The number of nitrogens with one attached hydrogen (secondary N) is 2. The first-order chi connectivity index (χ1) is 11.8. The summed E-state index contributed by atoms with van der Waals surface area (Å²) in [5, 5.41) is 5.86. The summed E-state index contributed by atoms with van der Waals surface area (Å²) in [5.74, 6) is -3.89. The minimum Gasteiger partial charge on any atom is -0.326 e. The molecule has 2 atom stereocenters. The van der Waals surface area contributed by atoms with E-state index in [9.17, 15) is 18.4 Å². The zero-order valence-corrected chi connectivity index (χ0v) is 14.2. The lowest BCUT2D eigenvalue weighted by atomic mass is 10.2. The summed E-state index contributed by atoms with van der Waals surface area (Å²) < 4.78 is 26.0. The van der Waals surface area contributed by atoms with Crippen LogP contribution in [-0.2, 0) is 9.59 Å². The van der Waals surface area contributed by atoms with Gasteiger partial charge >= 0.3 is 0 Å². The van der Waals surface area contributed by atoms with Crippen molar-refractivity contribution in [2.24, 2.45) is 11.8 Å². The topological polar surface area (TPSA) is 58.2 Å². The van der Waals surface area contributed by atoms with Crippen molar-refractivity contribution in [1.29, 1.82) is 0 Å². The van der Waals surface area contributed by atoms with E-state index in [0.717, 1.165) is 12.1 Å². The number of hydrogen-bond donors (Lipinski definition) is 2. The van der Waals surface area contributed by atoms with Gasteiger partial charge in [-0.25, -0.2) is 8.78 Å². The van der Waals surface area contributed by atoms with E-state index in [-0.39, 0.29) is 11.6 Å². The molecule has 8 heteroatoms. The second-order valence-corrected chi connectivity index (χ2v) is 6.52. The molecule has 3 rings (SSSR count). The predicted molar refractivity (Wildman–Crippen MR) is 91.7 cm³/mol. The third-order valence-corrected chi connectivity index (χ3v) is 4.40. The monoisotopic (exact) mass is 384 g/mol. The number of amides is 2. The smallest absolute Gasteiger partial charge is 0.228 e. The Morgan fingerprint density at radius 3 is 2.28 bits per heavy atom. The van der Waals surface area contributed by atoms with Crippen molar-refractivity contribution in [3.05, 3.63) is 58.1 Å². The quantitative estimate of drug-likeness (QED) is 0.815. The Morgan fingerprint density at radius 1 is 0.920 bits per heavy atom. The molecule has 0 radical (unpaired) electrons. The normalized spacial score (nSPS) is 18.6. The maximum Gasteiger partial charge on any atom is 0.228 e. The lowest BCUT2D eigenvalue weighted by molar-refractivity contribution is -0.122. The van der Waals surface area contributed by atoms with Crippen LogP contribution in [0.1, 0.15) is 6.42 Å². The molecule has 1 fully saturated rings. The SMILES string of the molecule is O=C(Nc1ccc(F)c(F)c1)C1CC1C(=O)Nc1cc(Cl)ccc1Cl. The van der Waals surface area contributed by atoms with Crippen LogP contribution < -0.4 is 10.6 Å². The minimum atomic E-state index is -1.06. The van der Waals surface area contributed by atoms with Crippen molar-refractivity contribution in [2.75, 3.05) is 10.6 Å². The van der Waals surface area contributed by atoms with Crippen molar-refractivity contribution in [1.82, 2.24) is 0 Å². The molecule has 1 aliphatic carbocycles. The van der Waals surface area contributed by atoms with E-state index in [1.54, 1.807) is 12.1 Å². The first kappa shape index (κ1) is 17.6. The van der Waals surface area contributed by atoms with E-state index in [1.807, 2.05) is 0 Å². The van der Waals surface area contributed by atoms with Gasteiger partial charge in [-0.15, -0.1) is 0 Å². The molecule has 0 saturated heterocycles. The van der Waals surface area contributed by atoms with E-state index < -0.39 is 29.4 Å². The van der Waals surface area contributed by atoms with Crippen molar-refractivity contribution in [3.63, 3.8) is 0 Å². The summed E-state index contributed by atoms with van der Waals surface area (Å²) >= 11 is 11.8. The molecule has 0 bridgehead atoms. The standard InChI is InChI=1S/C17H12Cl2F2N2O2/c18-8-1-3-12(19)15(5-8)23-17(25)11-7-10(11)16(24)22-9-2-4-13(20)14(21)6-9/h1-6,10-11H,7H2,(H,22,24)(H,23,25). The fourth-order valence-corrected chi connectivity index (χ4v) is 2.74. The van der Waals surface area contributed by atoms with Crippen LogP contribution in [0.4, 0.5) is 20.2 Å². The average Bonchev–Trinajstić information content (AvgIpc) is 3.35. The number of benzene rings is 2. The van der Waals surface area contributed by atoms with Crippen LogP contribution in [0.2, 0.25) is 10.0 Å². The van der Waals surface area contributed by atoms with Gasteiger partial charge < -0.3 is 10.6 Å². The van der Waals surface area contributed by atoms with Gasteiger partial charge in [0.15, 0.2) is 11.6 Å². The highest BCUT2D eigenvalue weighted by Crippen LogP contribution is 2.41. The number of anilines is 2. The van der Waals surface area contributed by atoms with Crippen LogP contribution in [0.15, 0.2) is 36.4 Å². The van der Waals surface area contributed by atoms with E-state index >= 15 is 0 Å². The highest BCUT2D eigenvalue weighted by Gasteiger charge is 2.48. The van der Waals surface area contributed by atoms with Crippen LogP contribution in [0, 0.1) is 23.5 Å². The van der Waals surface area contributed by atoms with Crippen molar-refractivity contribution >= 4 is 46.4 Å². The van der Waals surface area contributed by atoms with Crippen LogP contribution in [0.5, 0.6) is 0 Å². The minimum absolute atomic E-state index is 0.132. The zero-order valence-electron chi connectivity index (χ0n) is 12.7. The second kappa shape index (κ2) is 6.98. The van der Waals surface area contributed by atoms with E-state index in [2.05, 4.69) is 10.6 Å². The Bertz CT molecular complexity index is 861. The molecule has 1 aliphatic rings. The number of rotatable bonds is 4. The number of carbonyl (C=O) groups excluding carboxylic acids is 2. The molecule has 1 saturated carbocycles. The van der Waals surface area contributed by atoms with Crippen LogP contribution in [0.25, 0.3) is 0 Å². The Labute approximate surface area is 152 Å². The van der Waals surface area contributed by atoms with Gasteiger partial charge in [-0.2, -0.15) is 0 Å². The first-order valence-corrected chi connectivity index (χ1v) is 8.12. The number of halogens is 4. The number of carbonyl (C=O) groups is 2. The van der Waals surface area contributed by atoms with Crippen LogP contribution in [-0.4, -0.2) is 11.8 Å². The molecule has 2 amide bonds. The lowest BCUT2D eigenvalue weighted by Gasteiger charge is -2.08. The molecule has 2 aromatic carbocycles. The Morgan fingerprint density at radius 2 is 1.60 bits per heavy atom. The third kappa shape index (κ3) is 4.08. The maximum absolute atomic E-state index is 13.2. The maximum atomic E-state index is 13.2. The van der Waals surface area contributed by atoms with E-state index in [0.29, 0.717) is 22.2 Å². The van der Waals surface area contributed by atoms with Crippen molar-refractivity contribution < 1.29 is 18.4 Å². The van der Waals surface area contributed by atoms with E-state index in [4.69, 9.17) is 23.2 Å². The summed E-state index contributed by atoms with van der Waals surface area (Å²) in [6.07, 6.45) is 0.361. The highest BCUT2D eigenvalue weighted by molar-refractivity contribution is 6.35. The van der Waals surface area contributed by atoms with Crippen molar-refractivity contribution in [3.8, 4) is 0 Å². The largest absolute Gasteiger partial charge is 0.326 e. The predicted octanol–water partition coefficient (Wildman–Crippen LogP) is 4.48. The molecule has 0 aliphatic heterocycles. The summed E-state index contributed by atoms with van der Waals surface area (Å²) in [6.45, 7) is 0. The molecule has 2 aromatic rings. The molecule has 0 aromatic heterocycles. The third-order valence-electron chi connectivity index (χ3n) is 3.84. The first-order valence-electron chi connectivity index (χ1n) is 7.37. The highest BCUT2D eigenvalue weighted by atomic mass is 35.5. The van der Waals surface area contributed by atoms with Crippen LogP contribution in [0.3, 0.4) is 0 Å². The van der Waals surface area contributed by atoms with Gasteiger partial charge in [-0.1, -0.05) is 23.2 Å². The summed E-state index contributed by atoms with van der Waals surface area (Å²) in [4.78, 5) is 24.3. The second-order valence-electron chi connectivity index (χ2n) is 5.68. The molecule has 4 nitrogen and oxygen atoms in total. The Hall–Kier alpha value is -2.18. The van der Waals surface area contributed by atoms with Gasteiger partial charge in [-0.05, 0) is 36.8 Å². The Balaban J connectivity index is 1.59. The molecular weight excluding hydrogens is 373 g/mol. The van der Waals surface area contributed by atoms with Crippen LogP contribution >= 0.6 is 23.2 Å². The molecular formula is C17H12Cl2F2N2O2. The fourth-order valence-electron chi connectivity index (χ4n) is 2.40. The van der Waals surface area contributed by atoms with Crippen molar-refractivity contribution in [2.45, 2.75) is 6.42 Å². The molecule has 130 valence electrons. The summed E-state index contributed by atoms with van der Waals surface area (Å²) in [5.41, 5.74) is 0.499. The van der Waals surface area contributed by atoms with Gasteiger partial charge in [-0.3, -0.25) is 9.59 Å². The van der Waals surface area contributed by atoms with Gasteiger partial charge in [0.05, 0.1) is 22.5 Å². The van der Waals surface area contributed by atoms with E-state index in [1.165, 1.54) is 12.1 Å². The molecule has 0 heterocycles. The number of hydrogen-bond acceptors (Lipinski definition) is 2. The van der Waals surface area contributed by atoms with Gasteiger partial charge in [0.1, 0.15) is 0 Å². The molecule has 0 spiro atoms. The molecule has 2 unspecified atom stereocenters. The van der Waals surface area contributed by atoms with Gasteiger partial charge in [0.25, 0.3) is 0 Å². The average molecular weight is 385 g/mol. The Kier molecular flexibility index (Phi) is 4.92.